The van der Waals surface area contributed by atoms with E-state index in [1.165, 1.54) is 6.92 Å². The molecule has 10 atom stereocenters. The van der Waals surface area contributed by atoms with Gasteiger partial charge in [0.2, 0.25) is 0 Å². The normalized spacial score (nSPS) is 48.5. The van der Waals surface area contributed by atoms with Crippen LogP contribution in [0, 0.1) is 52.3 Å². The van der Waals surface area contributed by atoms with Crippen molar-refractivity contribution in [3.05, 3.63) is 0 Å². The minimum Gasteiger partial charge on any atom is -0.463 e. The number of carbonyl (C=O) groups excluding carboxylic acids is 4. The molecule has 0 aliphatic heterocycles. The van der Waals surface area contributed by atoms with Crippen LogP contribution >= 0.6 is 0 Å². The Bertz CT molecular complexity index is 893. The second-order valence-corrected chi connectivity index (χ2v) is 12.9. The average molecular weight is 471 g/mol. The van der Waals surface area contributed by atoms with Gasteiger partial charge in [-0.3, -0.25) is 19.2 Å². The minimum absolute atomic E-state index is 0.00644. The Hall–Kier alpha value is -1.52. The number of rotatable bonds is 3. The van der Waals surface area contributed by atoms with Crippen molar-refractivity contribution in [1.82, 2.24) is 0 Å². The lowest BCUT2D eigenvalue weighted by Crippen LogP contribution is -2.57. The predicted octanol–water partition coefficient (Wildman–Crippen LogP) is 5.33. The molecule has 34 heavy (non-hydrogen) atoms. The first-order valence-electron chi connectivity index (χ1n) is 13.8. The zero-order chi connectivity index (χ0) is 24.4. The summed E-state index contributed by atoms with van der Waals surface area (Å²) in [5.41, 5.74) is -0.533. The number of carbonyl (C=O) groups is 4. The van der Waals surface area contributed by atoms with E-state index in [2.05, 4.69) is 13.8 Å². The van der Waals surface area contributed by atoms with Gasteiger partial charge in [-0.15, -0.1) is 0 Å². The molecule has 0 bridgehead atoms. The van der Waals surface area contributed by atoms with Crippen molar-refractivity contribution in [2.24, 2.45) is 52.3 Å². The van der Waals surface area contributed by atoms with Crippen molar-refractivity contribution < 1.29 is 23.9 Å². The molecule has 5 rings (SSSR count). The monoisotopic (exact) mass is 470 g/mol. The highest BCUT2D eigenvalue weighted by Gasteiger charge is 2.67. The Morgan fingerprint density at radius 1 is 0.912 bits per heavy atom. The Labute approximate surface area is 204 Å². The van der Waals surface area contributed by atoms with Gasteiger partial charge >= 0.3 is 5.97 Å². The van der Waals surface area contributed by atoms with Crippen molar-refractivity contribution in [3.63, 3.8) is 0 Å². The van der Waals surface area contributed by atoms with Gasteiger partial charge in [-0.05, 0) is 93.3 Å². The summed E-state index contributed by atoms with van der Waals surface area (Å²) >= 11 is 0. The molecule has 5 aliphatic carbocycles. The maximum atomic E-state index is 14.0. The number of ketones is 3. The average Bonchev–Trinajstić information content (AvgIpc) is 3.09. The number of fused-ring (bicyclic) bond motifs is 5. The molecular formula is C29H42O5. The summed E-state index contributed by atoms with van der Waals surface area (Å²) < 4.78 is 5.58. The highest BCUT2D eigenvalue weighted by atomic mass is 16.5. The highest BCUT2D eigenvalue weighted by molar-refractivity contribution is 5.94. The summed E-state index contributed by atoms with van der Waals surface area (Å²) in [5, 5.41) is 0. The van der Waals surface area contributed by atoms with Crippen molar-refractivity contribution in [2.75, 3.05) is 0 Å². The van der Waals surface area contributed by atoms with Crippen LogP contribution < -0.4 is 0 Å². The van der Waals surface area contributed by atoms with E-state index >= 15 is 0 Å². The lowest BCUT2D eigenvalue weighted by molar-refractivity contribution is -0.167. The SMILES string of the molecule is CC(=O)OC1CC[C@@]2(C)C(CC[C@H]3[C@@H]4CC(C5CCCCC5=O)[C@H](C(C)=O)[C@@]4(C)C(=O)C[C@@H]32)C1. The molecule has 0 amide bonds. The predicted molar refractivity (Wildman–Crippen MR) is 128 cm³/mol. The van der Waals surface area contributed by atoms with E-state index in [9.17, 15) is 19.2 Å². The zero-order valence-electron chi connectivity index (χ0n) is 21.4. The number of Topliss-reactive ketones (excluding diaryl/α,β-unsaturated/α-hetero) is 3. The summed E-state index contributed by atoms with van der Waals surface area (Å²) in [4.78, 5) is 51.6. The smallest absolute Gasteiger partial charge is 0.302 e. The van der Waals surface area contributed by atoms with E-state index in [-0.39, 0.29) is 52.7 Å². The van der Waals surface area contributed by atoms with Crippen LogP contribution in [0.5, 0.6) is 0 Å². The Balaban J connectivity index is 1.45. The Kier molecular flexibility index (Phi) is 6.08. The molecule has 0 heterocycles. The van der Waals surface area contributed by atoms with Crippen molar-refractivity contribution in [1.29, 1.82) is 0 Å². The molecule has 5 nitrogen and oxygen atoms in total. The zero-order valence-corrected chi connectivity index (χ0v) is 21.4. The van der Waals surface area contributed by atoms with E-state index in [4.69, 9.17) is 4.74 Å². The quantitative estimate of drug-likeness (QED) is 0.521. The topological polar surface area (TPSA) is 77.5 Å². The third-order valence-electron chi connectivity index (χ3n) is 11.5. The van der Waals surface area contributed by atoms with Gasteiger partial charge in [0.05, 0.1) is 0 Å². The molecule has 5 aliphatic rings. The van der Waals surface area contributed by atoms with Crippen LogP contribution in [0.1, 0.15) is 98.3 Å². The molecule has 0 radical (unpaired) electrons. The van der Waals surface area contributed by atoms with Crippen LogP contribution in [0.2, 0.25) is 0 Å². The van der Waals surface area contributed by atoms with E-state index in [1.807, 2.05) is 0 Å². The number of hydrogen-bond donors (Lipinski definition) is 0. The van der Waals surface area contributed by atoms with Gasteiger partial charge in [0, 0.05) is 37.0 Å². The van der Waals surface area contributed by atoms with Gasteiger partial charge in [0.25, 0.3) is 0 Å². The van der Waals surface area contributed by atoms with Crippen molar-refractivity contribution in [2.45, 2.75) is 104 Å². The van der Waals surface area contributed by atoms with E-state index < -0.39 is 5.41 Å². The summed E-state index contributed by atoms with van der Waals surface area (Å²) in [6.45, 7) is 7.62. The maximum absolute atomic E-state index is 14.0. The highest BCUT2D eigenvalue weighted by Crippen LogP contribution is 2.68. The first-order chi connectivity index (χ1) is 16.1. The molecule has 188 valence electrons. The fourth-order valence-electron chi connectivity index (χ4n) is 9.96. The third-order valence-corrected chi connectivity index (χ3v) is 11.5. The van der Waals surface area contributed by atoms with Crippen molar-refractivity contribution >= 4 is 23.3 Å². The first-order valence-corrected chi connectivity index (χ1v) is 13.8. The molecule has 5 fully saturated rings. The Morgan fingerprint density at radius 3 is 2.35 bits per heavy atom. The van der Waals surface area contributed by atoms with Gasteiger partial charge in [0.15, 0.2) is 0 Å². The first kappa shape index (κ1) is 24.2. The van der Waals surface area contributed by atoms with Crippen LogP contribution in [0.15, 0.2) is 0 Å². The van der Waals surface area contributed by atoms with Gasteiger partial charge in [0.1, 0.15) is 23.5 Å². The molecule has 5 heteroatoms. The molecule has 0 aromatic heterocycles. The molecule has 0 spiro atoms. The van der Waals surface area contributed by atoms with E-state index in [0.717, 1.165) is 57.8 Å². The van der Waals surface area contributed by atoms with Gasteiger partial charge < -0.3 is 4.74 Å². The number of hydrogen-bond acceptors (Lipinski definition) is 5. The van der Waals surface area contributed by atoms with E-state index in [1.54, 1.807) is 6.92 Å². The van der Waals surface area contributed by atoms with Gasteiger partial charge in [-0.1, -0.05) is 20.3 Å². The molecule has 4 unspecified atom stereocenters. The fourth-order valence-corrected chi connectivity index (χ4v) is 9.96. The lowest BCUT2D eigenvalue weighted by atomic mass is 9.44. The lowest BCUT2D eigenvalue weighted by Gasteiger charge is -2.60. The molecule has 5 saturated carbocycles. The molecule has 0 saturated heterocycles. The van der Waals surface area contributed by atoms with Crippen LogP contribution in [0.25, 0.3) is 0 Å². The molecule has 0 aromatic rings. The number of ether oxygens (including phenoxy) is 1. The van der Waals surface area contributed by atoms with E-state index in [0.29, 0.717) is 36.4 Å². The Morgan fingerprint density at radius 2 is 1.68 bits per heavy atom. The molecular weight excluding hydrogens is 428 g/mol. The minimum atomic E-state index is -0.618. The summed E-state index contributed by atoms with van der Waals surface area (Å²) in [6.07, 6.45) is 9.94. The summed E-state index contributed by atoms with van der Waals surface area (Å²) in [7, 11) is 0. The van der Waals surface area contributed by atoms with Crippen LogP contribution in [0.4, 0.5) is 0 Å². The second kappa shape index (κ2) is 8.55. The van der Waals surface area contributed by atoms with Crippen LogP contribution in [-0.4, -0.2) is 29.4 Å². The summed E-state index contributed by atoms with van der Waals surface area (Å²) in [6, 6.07) is 0. The largest absolute Gasteiger partial charge is 0.463 e. The standard InChI is InChI=1S/C29H42O5/c1-16(30)27-22(20-7-5-6-8-25(20)32)14-24-21-10-9-18-13-19(34-17(2)31)11-12-28(18,3)23(21)15-26(33)29(24,27)4/h18-24,27H,5-15H2,1-4H3/t18?,19?,20?,21-,22?,23+,24+,27+,28+,29-/m1/s1. The maximum Gasteiger partial charge on any atom is 0.302 e. The third kappa shape index (κ3) is 3.54. The van der Waals surface area contributed by atoms with Gasteiger partial charge in [-0.25, -0.2) is 0 Å². The van der Waals surface area contributed by atoms with Crippen molar-refractivity contribution in [3.8, 4) is 0 Å². The summed E-state index contributed by atoms with van der Waals surface area (Å²) in [5.74, 6) is 1.67. The van der Waals surface area contributed by atoms with Crippen LogP contribution in [-0.2, 0) is 23.9 Å². The second-order valence-electron chi connectivity index (χ2n) is 12.9. The fraction of sp³-hybridized carbons (Fsp3) is 0.862. The molecule has 0 aromatic carbocycles. The van der Waals surface area contributed by atoms with Crippen LogP contribution in [0.3, 0.4) is 0 Å². The molecule has 0 N–H and O–H groups in total. The van der Waals surface area contributed by atoms with Gasteiger partial charge in [-0.2, -0.15) is 0 Å². The number of esters is 1.